The van der Waals surface area contributed by atoms with E-state index in [2.05, 4.69) is 95.1 Å². The second-order valence-electron chi connectivity index (χ2n) is 8.94. The Morgan fingerprint density at radius 3 is 2.37 bits per heavy atom. The van der Waals surface area contributed by atoms with Crippen LogP contribution in [-0.2, 0) is 13.0 Å². The molecule has 1 heterocycles. The molecule has 2 nitrogen and oxygen atoms in total. The lowest BCUT2D eigenvalue weighted by molar-refractivity contribution is 0.158. The van der Waals surface area contributed by atoms with Gasteiger partial charge >= 0.3 is 0 Å². The van der Waals surface area contributed by atoms with Crippen molar-refractivity contribution in [1.82, 2.24) is 10.2 Å². The molecule has 3 aromatic carbocycles. The molecule has 2 aliphatic rings. The minimum absolute atomic E-state index is 0.492. The standard InChI is InChI=1S/C28H32N2/c1-3-10-22(11-4-1)20-30-19-18-28(26(21-30)24-12-5-2-6-13-24)29-27-17-9-15-23-14-7-8-16-25(23)27/h1-8,10-14,16,26-29H,9,15,17-21H2/t26-,27+,28+/m1/s1. The van der Waals surface area contributed by atoms with E-state index < -0.39 is 0 Å². The van der Waals surface area contributed by atoms with Crippen LogP contribution < -0.4 is 5.32 Å². The molecule has 0 unspecified atom stereocenters. The Balaban J connectivity index is 1.35. The maximum absolute atomic E-state index is 4.12. The van der Waals surface area contributed by atoms with Crippen molar-refractivity contribution in [1.29, 1.82) is 0 Å². The van der Waals surface area contributed by atoms with Gasteiger partial charge in [0, 0.05) is 37.6 Å². The van der Waals surface area contributed by atoms with Crippen molar-refractivity contribution < 1.29 is 0 Å². The van der Waals surface area contributed by atoms with E-state index in [1.54, 1.807) is 5.56 Å². The highest BCUT2D eigenvalue weighted by Crippen LogP contribution is 2.34. The van der Waals surface area contributed by atoms with Crippen LogP contribution in [-0.4, -0.2) is 24.0 Å². The Labute approximate surface area is 180 Å². The maximum atomic E-state index is 4.12. The summed E-state index contributed by atoms with van der Waals surface area (Å²) in [6.45, 7) is 3.32. The topological polar surface area (TPSA) is 15.3 Å². The van der Waals surface area contributed by atoms with E-state index in [0.717, 1.165) is 19.6 Å². The quantitative estimate of drug-likeness (QED) is 0.594. The summed E-state index contributed by atoms with van der Waals surface area (Å²) in [4.78, 5) is 2.64. The molecule has 30 heavy (non-hydrogen) atoms. The summed E-state index contributed by atoms with van der Waals surface area (Å²) in [6, 6.07) is 32.1. The van der Waals surface area contributed by atoms with Gasteiger partial charge in [-0.25, -0.2) is 0 Å². The smallest absolute Gasteiger partial charge is 0.0325 e. The number of aryl methyl sites for hydroxylation is 1. The molecule has 1 aliphatic carbocycles. The van der Waals surface area contributed by atoms with Gasteiger partial charge in [0.25, 0.3) is 0 Å². The predicted octanol–water partition coefficient (Wildman–Crippen LogP) is 5.71. The zero-order valence-corrected chi connectivity index (χ0v) is 17.7. The van der Waals surface area contributed by atoms with Gasteiger partial charge in [-0.1, -0.05) is 84.9 Å². The van der Waals surface area contributed by atoms with E-state index in [0.29, 0.717) is 18.0 Å². The molecule has 0 aromatic heterocycles. The van der Waals surface area contributed by atoms with Gasteiger partial charge in [-0.2, -0.15) is 0 Å². The average Bonchev–Trinajstić information content (AvgIpc) is 2.81. The first kappa shape index (κ1) is 19.5. The largest absolute Gasteiger partial charge is 0.306 e. The summed E-state index contributed by atoms with van der Waals surface area (Å²) in [5.41, 5.74) is 5.95. The molecular formula is C28H32N2. The molecule has 2 heteroatoms. The van der Waals surface area contributed by atoms with Crippen LogP contribution in [0.15, 0.2) is 84.9 Å². The molecule has 0 radical (unpaired) electrons. The number of piperidine rings is 1. The number of benzene rings is 3. The van der Waals surface area contributed by atoms with Crippen LogP contribution in [0.4, 0.5) is 0 Å². The van der Waals surface area contributed by atoms with Crippen molar-refractivity contribution in [3.05, 3.63) is 107 Å². The molecule has 0 amide bonds. The van der Waals surface area contributed by atoms with Gasteiger partial charge in [0.15, 0.2) is 0 Å². The highest BCUT2D eigenvalue weighted by atomic mass is 15.2. The Bertz CT molecular complexity index is 937. The van der Waals surface area contributed by atoms with Gasteiger partial charge in [-0.05, 0) is 47.9 Å². The van der Waals surface area contributed by atoms with E-state index in [-0.39, 0.29) is 0 Å². The SMILES string of the molecule is c1ccc(CN2CC[C@H](N[C@H]3CCCc4ccccc43)[C@@H](c3ccccc3)C2)cc1. The minimum atomic E-state index is 0.492. The summed E-state index contributed by atoms with van der Waals surface area (Å²) in [6.07, 6.45) is 4.97. The van der Waals surface area contributed by atoms with Crippen LogP contribution in [0.25, 0.3) is 0 Å². The number of nitrogens with one attached hydrogen (secondary N) is 1. The van der Waals surface area contributed by atoms with E-state index in [4.69, 9.17) is 0 Å². The normalized spacial score (nSPS) is 24.3. The first-order chi connectivity index (χ1) is 14.9. The lowest BCUT2D eigenvalue weighted by Gasteiger charge is -2.42. The fraction of sp³-hybridized carbons (Fsp3) is 0.357. The van der Waals surface area contributed by atoms with Crippen LogP contribution in [0.3, 0.4) is 0 Å². The van der Waals surface area contributed by atoms with Gasteiger partial charge in [0.2, 0.25) is 0 Å². The number of likely N-dealkylation sites (tertiary alicyclic amines) is 1. The third kappa shape index (κ3) is 4.35. The molecule has 0 saturated carbocycles. The zero-order chi connectivity index (χ0) is 20.2. The van der Waals surface area contributed by atoms with E-state index in [9.17, 15) is 0 Å². The van der Waals surface area contributed by atoms with E-state index >= 15 is 0 Å². The van der Waals surface area contributed by atoms with Crippen molar-refractivity contribution in [2.45, 2.75) is 50.2 Å². The zero-order valence-electron chi connectivity index (χ0n) is 17.7. The van der Waals surface area contributed by atoms with Crippen molar-refractivity contribution in [2.75, 3.05) is 13.1 Å². The lowest BCUT2D eigenvalue weighted by atomic mass is 9.82. The molecule has 1 N–H and O–H groups in total. The summed E-state index contributed by atoms with van der Waals surface area (Å²) >= 11 is 0. The monoisotopic (exact) mass is 396 g/mol. The summed E-state index contributed by atoms with van der Waals surface area (Å²) in [5, 5.41) is 4.12. The number of hydrogen-bond donors (Lipinski definition) is 1. The second kappa shape index (κ2) is 9.16. The lowest BCUT2D eigenvalue weighted by Crippen LogP contribution is -2.49. The fourth-order valence-corrected chi connectivity index (χ4v) is 5.43. The molecule has 3 aromatic rings. The fourth-order valence-electron chi connectivity index (χ4n) is 5.43. The van der Waals surface area contributed by atoms with Crippen molar-refractivity contribution >= 4 is 0 Å². The minimum Gasteiger partial charge on any atom is -0.306 e. The average molecular weight is 397 g/mol. The molecule has 154 valence electrons. The highest BCUT2D eigenvalue weighted by Gasteiger charge is 2.33. The summed E-state index contributed by atoms with van der Waals surface area (Å²) in [5.74, 6) is 0.526. The van der Waals surface area contributed by atoms with Gasteiger partial charge < -0.3 is 5.32 Å². The number of rotatable bonds is 5. The Morgan fingerprint density at radius 2 is 1.53 bits per heavy atom. The molecule has 1 aliphatic heterocycles. The molecular weight excluding hydrogens is 364 g/mol. The van der Waals surface area contributed by atoms with Crippen LogP contribution in [0.5, 0.6) is 0 Å². The van der Waals surface area contributed by atoms with E-state index in [1.807, 2.05) is 0 Å². The third-order valence-electron chi connectivity index (χ3n) is 6.96. The van der Waals surface area contributed by atoms with Crippen LogP contribution in [0, 0.1) is 0 Å². The van der Waals surface area contributed by atoms with Crippen molar-refractivity contribution in [2.24, 2.45) is 0 Å². The highest BCUT2D eigenvalue weighted by molar-refractivity contribution is 5.33. The van der Waals surface area contributed by atoms with Crippen LogP contribution in [0.1, 0.15) is 53.5 Å². The molecule has 1 fully saturated rings. The Kier molecular flexibility index (Phi) is 5.96. The van der Waals surface area contributed by atoms with Gasteiger partial charge in [0.05, 0.1) is 0 Å². The summed E-state index contributed by atoms with van der Waals surface area (Å²) < 4.78 is 0. The molecule has 0 bridgehead atoms. The number of nitrogens with zero attached hydrogens (tertiary/aromatic N) is 1. The Hall–Kier alpha value is -2.42. The van der Waals surface area contributed by atoms with Crippen LogP contribution in [0.2, 0.25) is 0 Å². The molecule has 3 atom stereocenters. The van der Waals surface area contributed by atoms with Gasteiger partial charge in [0.1, 0.15) is 0 Å². The van der Waals surface area contributed by atoms with Crippen molar-refractivity contribution in [3.8, 4) is 0 Å². The number of hydrogen-bond acceptors (Lipinski definition) is 2. The molecule has 1 saturated heterocycles. The van der Waals surface area contributed by atoms with Gasteiger partial charge in [-0.3, -0.25) is 4.90 Å². The van der Waals surface area contributed by atoms with E-state index in [1.165, 1.54) is 42.4 Å². The summed E-state index contributed by atoms with van der Waals surface area (Å²) in [7, 11) is 0. The van der Waals surface area contributed by atoms with Gasteiger partial charge in [-0.15, -0.1) is 0 Å². The number of fused-ring (bicyclic) bond motifs is 1. The second-order valence-corrected chi connectivity index (χ2v) is 8.94. The maximum Gasteiger partial charge on any atom is 0.0325 e. The molecule has 5 rings (SSSR count). The molecule has 0 spiro atoms. The third-order valence-corrected chi connectivity index (χ3v) is 6.96. The van der Waals surface area contributed by atoms with Crippen molar-refractivity contribution in [3.63, 3.8) is 0 Å². The first-order valence-corrected chi connectivity index (χ1v) is 11.5. The van der Waals surface area contributed by atoms with Crippen LogP contribution >= 0.6 is 0 Å². The first-order valence-electron chi connectivity index (χ1n) is 11.5. The Morgan fingerprint density at radius 1 is 0.800 bits per heavy atom. The predicted molar refractivity (Wildman–Crippen MR) is 125 cm³/mol.